The van der Waals surface area contributed by atoms with Crippen molar-refractivity contribution >= 4 is 0 Å². The van der Waals surface area contributed by atoms with Gasteiger partial charge >= 0.3 is 6.18 Å². The van der Waals surface area contributed by atoms with Crippen LogP contribution in [0.3, 0.4) is 0 Å². The van der Waals surface area contributed by atoms with Crippen LogP contribution in [0, 0.1) is 0 Å². The van der Waals surface area contributed by atoms with Crippen LogP contribution in [0.15, 0.2) is 24.5 Å². The SMILES string of the molecule is CNCCC(c1cccnc1)C(F)(F)F. The molecule has 1 unspecified atom stereocenters. The predicted octanol–water partition coefficient (Wildman–Crippen LogP) is 2.34. The van der Waals surface area contributed by atoms with Crippen LogP contribution < -0.4 is 5.32 Å². The Balaban J connectivity index is 2.82. The van der Waals surface area contributed by atoms with E-state index in [1.807, 2.05) is 0 Å². The molecule has 0 saturated heterocycles. The van der Waals surface area contributed by atoms with Crippen LogP contribution in [0.4, 0.5) is 13.2 Å². The lowest BCUT2D eigenvalue weighted by molar-refractivity contribution is -0.151. The molecule has 0 fully saturated rings. The van der Waals surface area contributed by atoms with Gasteiger partial charge in [0, 0.05) is 12.4 Å². The minimum atomic E-state index is -4.21. The lowest BCUT2D eigenvalue weighted by atomic mass is 9.97. The fourth-order valence-electron chi connectivity index (χ4n) is 1.39. The van der Waals surface area contributed by atoms with Crippen LogP contribution in [0.25, 0.3) is 0 Å². The Bertz CT molecular complexity index is 284. The zero-order valence-corrected chi connectivity index (χ0v) is 8.38. The van der Waals surface area contributed by atoms with Gasteiger partial charge in [-0.1, -0.05) is 6.07 Å². The van der Waals surface area contributed by atoms with Crippen molar-refractivity contribution in [2.45, 2.75) is 18.5 Å². The molecule has 0 aliphatic rings. The second-order valence-electron chi connectivity index (χ2n) is 3.27. The number of hydrogen-bond donors (Lipinski definition) is 1. The molecule has 15 heavy (non-hydrogen) atoms. The molecule has 0 saturated carbocycles. The average molecular weight is 218 g/mol. The summed E-state index contributed by atoms with van der Waals surface area (Å²) in [4.78, 5) is 3.71. The number of hydrogen-bond acceptors (Lipinski definition) is 2. The van der Waals surface area contributed by atoms with Crippen molar-refractivity contribution in [3.63, 3.8) is 0 Å². The van der Waals surface area contributed by atoms with Crippen molar-refractivity contribution in [2.24, 2.45) is 0 Å². The van der Waals surface area contributed by atoms with Crippen molar-refractivity contribution < 1.29 is 13.2 Å². The first-order chi connectivity index (χ1) is 7.05. The molecule has 1 aromatic rings. The van der Waals surface area contributed by atoms with E-state index in [4.69, 9.17) is 0 Å². The molecule has 0 aliphatic heterocycles. The zero-order chi connectivity index (χ0) is 11.3. The number of aromatic nitrogens is 1. The first-order valence-corrected chi connectivity index (χ1v) is 4.67. The number of rotatable bonds is 4. The minimum Gasteiger partial charge on any atom is -0.320 e. The Morgan fingerprint density at radius 2 is 2.20 bits per heavy atom. The first kappa shape index (κ1) is 12.0. The van der Waals surface area contributed by atoms with Crippen LogP contribution in [0.2, 0.25) is 0 Å². The number of nitrogens with one attached hydrogen (secondary N) is 1. The highest BCUT2D eigenvalue weighted by molar-refractivity contribution is 5.16. The zero-order valence-electron chi connectivity index (χ0n) is 8.38. The van der Waals surface area contributed by atoms with Gasteiger partial charge in [0.05, 0.1) is 5.92 Å². The molecule has 0 aliphatic carbocycles. The average Bonchev–Trinajstić information content (AvgIpc) is 2.18. The van der Waals surface area contributed by atoms with Crippen molar-refractivity contribution in [3.8, 4) is 0 Å². The van der Waals surface area contributed by atoms with Gasteiger partial charge in [-0.25, -0.2) is 0 Å². The van der Waals surface area contributed by atoms with E-state index >= 15 is 0 Å². The molecule has 0 radical (unpaired) electrons. The van der Waals surface area contributed by atoms with Crippen LogP contribution in [-0.2, 0) is 0 Å². The fourth-order valence-corrected chi connectivity index (χ4v) is 1.39. The summed E-state index contributed by atoms with van der Waals surface area (Å²) < 4.78 is 38.0. The Morgan fingerprint density at radius 1 is 1.47 bits per heavy atom. The van der Waals surface area contributed by atoms with E-state index in [-0.39, 0.29) is 12.0 Å². The number of halogens is 3. The quantitative estimate of drug-likeness (QED) is 0.839. The summed E-state index contributed by atoms with van der Waals surface area (Å²) in [5.41, 5.74) is 0.222. The standard InChI is InChI=1S/C10H13F3N2/c1-14-6-4-9(10(11,12)13)8-3-2-5-15-7-8/h2-3,5,7,9,14H,4,6H2,1H3. The monoisotopic (exact) mass is 218 g/mol. The third-order valence-electron chi connectivity index (χ3n) is 2.16. The highest BCUT2D eigenvalue weighted by atomic mass is 19.4. The van der Waals surface area contributed by atoms with Gasteiger partial charge in [-0.15, -0.1) is 0 Å². The van der Waals surface area contributed by atoms with Crippen LogP contribution in [-0.4, -0.2) is 24.8 Å². The van der Waals surface area contributed by atoms with Gasteiger partial charge in [0.25, 0.3) is 0 Å². The Labute approximate surface area is 86.5 Å². The van der Waals surface area contributed by atoms with E-state index in [1.54, 1.807) is 7.05 Å². The van der Waals surface area contributed by atoms with Crippen LogP contribution >= 0.6 is 0 Å². The smallest absolute Gasteiger partial charge is 0.320 e. The molecule has 1 N–H and O–H groups in total. The van der Waals surface area contributed by atoms with E-state index in [2.05, 4.69) is 10.3 Å². The van der Waals surface area contributed by atoms with Crippen molar-refractivity contribution in [2.75, 3.05) is 13.6 Å². The molecule has 0 bridgehead atoms. The molecule has 0 spiro atoms. The van der Waals surface area contributed by atoms with Crippen molar-refractivity contribution in [3.05, 3.63) is 30.1 Å². The lowest BCUT2D eigenvalue weighted by Gasteiger charge is -2.20. The second kappa shape index (κ2) is 5.11. The van der Waals surface area contributed by atoms with Crippen LogP contribution in [0.5, 0.6) is 0 Å². The summed E-state index contributed by atoms with van der Waals surface area (Å²) in [5.74, 6) is -1.43. The predicted molar refractivity (Wildman–Crippen MR) is 51.6 cm³/mol. The van der Waals surface area contributed by atoms with Gasteiger partial charge in [-0.3, -0.25) is 4.98 Å². The van der Waals surface area contributed by atoms with Gasteiger partial charge < -0.3 is 5.32 Å². The third-order valence-corrected chi connectivity index (χ3v) is 2.16. The van der Waals surface area contributed by atoms with Crippen molar-refractivity contribution in [1.29, 1.82) is 0 Å². The Morgan fingerprint density at radius 3 is 2.67 bits per heavy atom. The minimum absolute atomic E-state index is 0.0334. The molecule has 1 rings (SSSR count). The van der Waals surface area contributed by atoms with Gasteiger partial charge in [-0.2, -0.15) is 13.2 Å². The van der Waals surface area contributed by atoms with Crippen molar-refractivity contribution in [1.82, 2.24) is 10.3 Å². The Hall–Kier alpha value is -1.10. The summed E-state index contributed by atoms with van der Waals surface area (Å²) in [6.45, 7) is 0.332. The highest BCUT2D eigenvalue weighted by Crippen LogP contribution is 2.36. The molecular weight excluding hydrogens is 205 g/mol. The van der Waals surface area contributed by atoms with Gasteiger partial charge in [-0.05, 0) is 31.6 Å². The maximum Gasteiger partial charge on any atom is 0.395 e. The maximum absolute atomic E-state index is 12.7. The van der Waals surface area contributed by atoms with E-state index in [0.29, 0.717) is 6.54 Å². The largest absolute Gasteiger partial charge is 0.395 e. The van der Waals surface area contributed by atoms with Gasteiger partial charge in [0.2, 0.25) is 0 Å². The molecule has 2 nitrogen and oxygen atoms in total. The first-order valence-electron chi connectivity index (χ1n) is 4.67. The fraction of sp³-hybridized carbons (Fsp3) is 0.500. The van der Waals surface area contributed by atoms with E-state index in [9.17, 15) is 13.2 Å². The maximum atomic E-state index is 12.7. The van der Waals surface area contributed by atoms with E-state index in [0.717, 1.165) is 0 Å². The third kappa shape index (κ3) is 3.51. The summed E-state index contributed by atoms with van der Waals surface area (Å²) >= 11 is 0. The summed E-state index contributed by atoms with van der Waals surface area (Å²) in [7, 11) is 1.64. The molecule has 1 aromatic heterocycles. The topological polar surface area (TPSA) is 24.9 Å². The Kier molecular flexibility index (Phi) is 4.08. The second-order valence-corrected chi connectivity index (χ2v) is 3.27. The normalized spacial score (nSPS) is 13.9. The summed E-state index contributed by atoms with van der Waals surface area (Å²) in [5, 5.41) is 2.72. The van der Waals surface area contributed by atoms with Crippen LogP contribution in [0.1, 0.15) is 17.9 Å². The molecule has 1 heterocycles. The molecule has 84 valence electrons. The number of pyridine rings is 1. The molecule has 0 amide bonds. The summed E-state index contributed by atoms with van der Waals surface area (Å²) in [6, 6.07) is 2.98. The number of alkyl halides is 3. The van der Waals surface area contributed by atoms with Gasteiger partial charge in [0.15, 0.2) is 0 Å². The molecular formula is C10H13F3N2. The number of nitrogens with zero attached hydrogens (tertiary/aromatic N) is 1. The molecule has 5 heteroatoms. The molecule has 1 atom stereocenters. The lowest BCUT2D eigenvalue weighted by Crippen LogP contribution is -2.24. The van der Waals surface area contributed by atoms with E-state index in [1.165, 1.54) is 24.5 Å². The molecule has 0 aromatic carbocycles. The van der Waals surface area contributed by atoms with Gasteiger partial charge in [0.1, 0.15) is 0 Å². The van der Waals surface area contributed by atoms with E-state index < -0.39 is 12.1 Å². The summed E-state index contributed by atoms with van der Waals surface area (Å²) in [6.07, 6.45) is -1.44. The highest BCUT2D eigenvalue weighted by Gasteiger charge is 2.40.